The summed E-state index contributed by atoms with van der Waals surface area (Å²) in [6, 6.07) is 2.02. The van der Waals surface area contributed by atoms with Crippen LogP contribution in [-0.4, -0.2) is 44.5 Å². The zero-order valence-corrected chi connectivity index (χ0v) is 14.8. The van der Waals surface area contributed by atoms with Crippen LogP contribution in [0.1, 0.15) is 37.9 Å². The summed E-state index contributed by atoms with van der Waals surface area (Å²) in [4.78, 5) is 1.96. The topological polar surface area (TPSA) is 62.6 Å². The lowest BCUT2D eigenvalue weighted by atomic mass is 10.1. The molecule has 0 aliphatic heterocycles. The predicted octanol–water partition coefficient (Wildman–Crippen LogP) is 1.95. The molecule has 21 heavy (non-hydrogen) atoms. The molecule has 0 bridgehead atoms. The van der Waals surface area contributed by atoms with E-state index in [2.05, 4.69) is 26.1 Å². The minimum atomic E-state index is -2.92. The van der Waals surface area contributed by atoms with Gasteiger partial charge < -0.3 is 9.73 Å². The van der Waals surface area contributed by atoms with Gasteiger partial charge in [0.2, 0.25) is 0 Å². The summed E-state index contributed by atoms with van der Waals surface area (Å²) in [6.45, 7) is 10.2. The Morgan fingerprint density at radius 3 is 2.48 bits per heavy atom. The Labute approximate surface area is 128 Å². The minimum Gasteiger partial charge on any atom is -0.463 e. The van der Waals surface area contributed by atoms with E-state index >= 15 is 0 Å². The third-order valence-corrected chi connectivity index (χ3v) is 4.04. The molecule has 0 atom stereocenters. The van der Waals surface area contributed by atoms with Gasteiger partial charge in [0, 0.05) is 18.3 Å². The van der Waals surface area contributed by atoms with Crippen molar-refractivity contribution in [3.63, 3.8) is 0 Å². The SMILES string of the molecule is Cc1cc(CN(C)CCS(C)(=O)=O)oc1CNC(C)(C)C. The second-order valence-electron chi connectivity index (χ2n) is 6.79. The van der Waals surface area contributed by atoms with E-state index in [0.29, 0.717) is 19.6 Å². The highest BCUT2D eigenvalue weighted by atomic mass is 32.2. The average Bonchev–Trinajstić information content (AvgIpc) is 2.62. The van der Waals surface area contributed by atoms with Gasteiger partial charge in [0.15, 0.2) is 0 Å². The molecule has 0 radical (unpaired) electrons. The van der Waals surface area contributed by atoms with E-state index in [1.165, 1.54) is 6.26 Å². The van der Waals surface area contributed by atoms with Crippen molar-refractivity contribution < 1.29 is 12.8 Å². The van der Waals surface area contributed by atoms with Gasteiger partial charge in [-0.1, -0.05) is 0 Å². The summed E-state index contributed by atoms with van der Waals surface area (Å²) in [5.41, 5.74) is 1.17. The molecule has 1 aromatic heterocycles. The summed E-state index contributed by atoms with van der Waals surface area (Å²) in [5.74, 6) is 1.98. The summed E-state index contributed by atoms with van der Waals surface area (Å²) >= 11 is 0. The number of aryl methyl sites for hydroxylation is 1. The highest BCUT2D eigenvalue weighted by Crippen LogP contribution is 2.17. The second kappa shape index (κ2) is 6.94. The Morgan fingerprint density at radius 2 is 1.95 bits per heavy atom. The summed E-state index contributed by atoms with van der Waals surface area (Å²) in [7, 11) is -1.02. The predicted molar refractivity (Wildman–Crippen MR) is 86.1 cm³/mol. The lowest BCUT2D eigenvalue weighted by Crippen LogP contribution is -2.35. The van der Waals surface area contributed by atoms with E-state index in [-0.39, 0.29) is 11.3 Å². The van der Waals surface area contributed by atoms with Gasteiger partial charge in [0.25, 0.3) is 0 Å². The quantitative estimate of drug-likeness (QED) is 0.833. The van der Waals surface area contributed by atoms with Crippen LogP contribution in [0.25, 0.3) is 0 Å². The third kappa shape index (κ3) is 7.64. The zero-order chi connectivity index (χ0) is 16.3. The molecule has 0 saturated carbocycles. The first-order chi connectivity index (χ1) is 9.46. The molecule has 0 saturated heterocycles. The number of hydrogen-bond acceptors (Lipinski definition) is 5. The molecule has 6 heteroatoms. The van der Waals surface area contributed by atoms with Gasteiger partial charge in [-0.2, -0.15) is 0 Å². The monoisotopic (exact) mass is 316 g/mol. The first-order valence-electron chi connectivity index (χ1n) is 7.16. The number of hydrogen-bond donors (Lipinski definition) is 1. The molecule has 5 nitrogen and oxygen atoms in total. The van der Waals surface area contributed by atoms with Crippen molar-refractivity contribution in [2.24, 2.45) is 0 Å². The Balaban J connectivity index is 2.57. The number of furan rings is 1. The van der Waals surface area contributed by atoms with Gasteiger partial charge in [-0.25, -0.2) is 8.42 Å². The number of nitrogens with zero attached hydrogens (tertiary/aromatic N) is 1. The Bertz CT molecular complexity index is 556. The van der Waals surface area contributed by atoms with Crippen molar-refractivity contribution in [3.05, 3.63) is 23.2 Å². The van der Waals surface area contributed by atoms with Gasteiger partial charge in [0.05, 0.1) is 18.8 Å². The molecule has 1 N–H and O–H groups in total. The summed E-state index contributed by atoms with van der Waals surface area (Å²) < 4.78 is 28.2. The van der Waals surface area contributed by atoms with E-state index in [1.807, 2.05) is 24.9 Å². The Morgan fingerprint density at radius 1 is 1.33 bits per heavy atom. The molecule has 0 aliphatic rings. The van der Waals surface area contributed by atoms with Crippen molar-refractivity contribution >= 4 is 9.84 Å². The van der Waals surface area contributed by atoms with E-state index in [1.54, 1.807) is 0 Å². The third-order valence-electron chi connectivity index (χ3n) is 3.12. The van der Waals surface area contributed by atoms with E-state index in [0.717, 1.165) is 17.1 Å². The Hall–Kier alpha value is -0.850. The van der Waals surface area contributed by atoms with Crippen LogP contribution in [0.2, 0.25) is 0 Å². The maximum Gasteiger partial charge on any atom is 0.148 e. The molecular weight excluding hydrogens is 288 g/mol. The van der Waals surface area contributed by atoms with E-state index in [4.69, 9.17) is 4.42 Å². The van der Waals surface area contributed by atoms with Crippen LogP contribution in [0.5, 0.6) is 0 Å². The molecule has 0 spiro atoms. The van der Waals surface area contributed by atoms with Crippen LogP contribution in [0.15, 0.2) is 10.5 Å². The second-order valence-corrected chi connectivity index (χ2v) is 9.05. The van der Waals surface area contributed by atoms with Crippen LogP contribution in [-0.2, 0) is 22.9 Å². The van der Waals surface area contributed by atoms with Crippen molar-refractivity contribution in [2.45, 2.75) is 46.3 Å². The molecule has 0 amide bonds. The average molecular weight is 316 g/mol. The number of rotatable bonds is 7. The van der Waals surface area contributed by atoms with Crippen molar-refractivity contribution in [2.75, 3.05) is 25.6 Å². The van der Waals surface area contributed by atoms with Crippen LogP contribution < -0.4 is 5.32 Å². The molecule has 0 aromatic carbocycles. The number of sulfone groups is 1. The number of nitrogens with one attached hydrogen (secondary N) is 1. The van der Waals surface area contributed by atoms with E-state index < -0.39 is 9.84 Å². The van der Waals surface area contributed by atoms with Crippen LogP contribution in [0.4, 0.5) is 0 Å². The molecular formula is C15H28N2O3S. The fourth-order valence-corrected chi connectivity index (χ4v) is 2.50. The van der Waals surface area contributed by atoms with Crippen LogP contribution >= 0.6 is 0 Å². The van der Waals surface area contributed by atoms with Crippen molar-refractivity contribution in [3.8, 4) is 0 Å². The fraction of sp³-hybridized carbons (Fsp3) is 0.733. The van der Waals surface area contributed by atoms with Gasteiger partial charge >= 0.3 is 0 Å². The maximum atomic E-state index is 11.2. The maximum absolute atomic E-state index is 11.2. The lowest BCUT2D eigenvalue weighted by Gasteiger charge is -2.19. The molecule has 0 aliphatic carbocycles. The molecule has 1 rings (SSSR count). The lowest BCUT2D eigenvalue weighted by molar-refractivity contribution is 0.299. The minimum absolute atomic E-state index is 0.0473. The highest BCUT2D eigenvalue weighted by molar-refractivity contribution is 7.90. The van der Waals surface area contributed by atoms with Gasteiger partial charge in [-0.05, 0) is 46.4 Å². The van der Waals surface area contributed by atoms with E-state index in [9.17, 15) is 8.42 Å². The van der Waals surface area contributed by atoms with Gasteiger partial charge in [-0.15, -0.1) is 0 Å². The standard InChI is InChI=1S/C15H28N2O3S/c1-12-9-13(11-17(5)7-8-21(6,18)19)20-14(12)10-16-15(2,3)4/h9,16H,7-8,10-11H2,1-6H3. The van der Waals surface area contributed by atoms with Crippen molar-refractivity contribution in [1.29, 1.82) is 0 Å². The zero-order valence-electron chi connectivity index (χ0n) is 14.0. The molecule has 122 valence electrons. The fourth-order valence-electron chi connectivity index (χ4n) is 1.86. The Kier molecular flexibility index (Phi) is 6.01. The first-order valence-corrected chi connectivity index (χ1v) is 9.22. The summed E-state index contributed by atoms with van der Waals surface area (Å²) in [6.07, 6.45) is 1.26. The largest absolute Gasteiger partial charge is 0.463 e. The molecule has 0 fully saturated rings. The molecule has 1 aromatic rings. The summed E-state index contributed by atoms with van der Waals surface area (Å²) in [5, 5.41) is 3.40. The molecule has 0 unspecified atom stereocenters. The van der Waals surface area contributed by atoms with Gasteiger partial charge in [0.1, 0.15) is 21.4 Å². The highest BCUT2D eigenvalue weighted by Gasteiger charge is 2.14. The molecule has 1 heterocycles. The van der Waals surface area contributed by atoms with Crippen LogP contribution in [0, 0.1) is 6.92 Å². The normalized spacial score (nSPS) is 13.1. The van der Waals surface area contributed by atoms with Crippen LogP contribution in [0.3, 0.4) is 0 Å². The first kappa shape index (κ1) is 18.2. The van der Waals surface area contributed by atoms with Crippen molar-refractivity contribution in [1.82, 2.24) is 10.2 Å². The smallest absolute Gasteiger partial charge is 0.148 e. The van der Waals surface area contributed by atoms with Gasteiger partial charge in [-0.3, -0.25) is 4.90 Å².